The summed E-state index contributed by atoms with van der Waals surface area (Å²) in [6.07, 6.45) is 6.77. The fourth-order valence-corrected chi connectivity index (χ4v) is 4.03. The van der Waals surface area contributed by atoms with Gasteiger partial charge in [-0.25, -0.2) is 0 Å². The predicted molar refractivity (Wildman–Crippen MR) is 79.6 cm³/mol. The summed E-state index contributed by atoms with van der Waals surface area (Å²) in [6.45, 7) is 0. The van der Waals surface area contributed by atoms with Crippen molar-refractivity contribution in [1.82, 2.24) is 10.3 Å². The van der Waals surface area contributed by atoms with Gasteiger partial charge >= 0.3 is 0 Å². The van der Waals surface area contributed by atoms with Crippen molar-refractivity contribution >= 4 is 10.9 Å². The van der Waals surface area contributed by atoms with Gasteiger partial charge < -0.3 is 10.4 Å². The topological polar surface area (TPSA) is 45.2 Å². The third kappa shape index (κ3) is 2.11. The van der Waals surface area contributed by atoms with Crippen LogP contribution in [0.2, 0.25) is 0 Å². The zero-order chi connectivity index (χ0) is 13.6. The number of piperidine rings is 1. The van der Waals surface area contributed by atoms with Gasteiger partial charge in [0.05, 0.1) is 11.1 Å². The highest BCUT2D eigenvalue weighted by atomic mass is 16.3. The first-order valence-electron chi connectivity index (χ1n) is 7.53. The number of para-hydroxylation sites is 1. The van der Waals surface area contributed by atoms with Gasteiger partial charge in [-0.1, -0.05) is 18.2 Å². The molecule has 2 unspecified atom stereocenters. The highest BCUT2D eigenvalue weighted by Gasteiger charge is 2.42. The molecule has 0 amide bonds. The summed E-state index contributed by atoms with van der Waals surface area (Å²) in [5.74, 6) is 0. The first kappa shape index (κ1) is 12.3. The summed E-state index contributed by atoms with van der Waals surface area (Å²) in [5.41, 5.74) is 1.69. The molecule has 1 aromatic heterocycles. The normalized spacial score (nSPS) is 32.6. The zero-order valence-electron chi connectivity index (χ0n) is 11.5. The van der Waals surface area contributed by atoms with Crippen molar-refractivity contribution in [2.75, 3.05) is 0 Å². The summed E-state index contributed by atoms with van der Waals surface area (Å²) < 4.78 is 0. The lowest BCUT2D eigenvalue weighted by atomic mass is 9.82. The van der Waals surface area contributed by atoms with Crippen LogP contribution in [-0.4, -0.2) is 27.8 Å². The average molecular weight is 268 g/mol. The summed E-state index contributed by atoms with van der Waals surface area (Å²) in [6, 6.07) is 11.3. The first-order chi connectivity index (χ1) is 9.72. The summed E-state index contributed by atoms with van der Waals surface area (Å²) >= 11 is 0. The average Bonchev–Trinajstić information content (AvgIpc) is 2.79. The molecule has 2 aliphatic heterocycles. The van der Waals surface area contributed by atoms with Crippen LogP contribution in [0.25, 0.3) is 10.9 Å². The van der Waals surface area contributed by atoms with E-state index in [2.05, 4.69) is 22.4 Å². The Labute approximate surface area is 119 Å². The van der Waals surface area contributed by atoms with Gasteiger partial charge in [0, 0.05) is 30.1 Å². The van der Waals surface area contributed by atoms with Gasteiger partial charge in [-0.15, -0.1) is 0 Å². The number of fused-ring (bicyclic) bond motifs is 3. The van der Waals surface area contributed by atoms with E-state index in [1.807, 2.05) is 24.4 Å². The highest BCUT2D eigenvalue weighted by molar-refractivity contribution is 5.81. The molecule has 2 atom stereocenters. The lowest BCUT2D eigenvalue weighted by molar-refractivity contribution is -0.00583. The van der Waals surface area contributed by atoms with E-state index in [9.17, 15) is 5.11 Å². The van der Waals surface area contributed by atoms with Gasteiger partial charge in [-0.05, 0) is 43.4 Å². The Morgan fingerprint density at radius 2 is 1.90 bits per heavy atom. The van der Waals surface area contributed by atoms with Crippen LogP contribution in [0.5, 0.6) is 0 Å². The number of nitrogens with zero attached hydrogens (tertiary/aromatic N) is 1. The van der Waals surface area contributed by atoms with E-state index in [1.54, 1.807) is 0 Å². The SMILES string of the molecule is OC1(Cc2ccnc3ccccc23)CC2CCC(C1)N2. The number of hydrogen-bond acceptors (Lipinski definition) is 3. The first-order valence-corrected chi connectivity index (χ1v) is 7.53. The summed E-state index contributed by atoms with van der Waals surface area (Å²) in [4.78, 5) is 4.41. The van der Waals surface area contributed by atoms with E-state index in [0.29, 0.717) is 12.1 Å². The maximum absolute atomic E-state index is 11.0. The van der Waals surface area contributed by atoms with Crippen LogP contribution in [0.3, 0.4) is 0 Å². The maximum atomic E-state index is 11.0. The second-order valence-corrected chi connectivity index (χ2v) is 6.43. The number of aromatic nitrogens is 1. The third-order valence-electron chi connectivity index (χ3n) is 4.85. The van der Waals surface area contributed by atoms with Gasteiger partial charge in [0.2, 0.25) is 0 Å². The van der Waals surface area contributed by atoms with E-state index >= 15 is 0 Å². The molecule has 2 bridgehead atoms. The second kappa shape index (κ2) is 4.54. The van der Waals surface area contributed by atoms with E-state index in [4.69, 9.17) is 0 Å². The fraction of sp³-hybridized carbons (Fsp3) is 0.471. The van der Waals surface area contributed by atoms with Crippen molar-refractivity contribution in [3.8, 4) is 0 Å². The Morgan fingerprint density at radius 3 is 2.70 bits per heavy atom. The van der Waals surface area contributed by atoms with Crippen LogP contribution in [0.1, 0.15) is 31.2 Å². The second-order valence-electron chi connectivity index (χ2n) is 6.43. The zero-order valence-corrected chi connectivity index (χ0v) is 11.5. The van der Waals surface area contributed by atoms with Gasteiger partial charge in [0.15, 0.2) is 0 Å². The van der Waals surface area contributed by atoms with Crippen LogP contribution >= 0.6 is 0 Å². The number of benzene rings is 1. The molecule has 20 heavy (non-hydrogen) atoms. The molecule has 3 heterocycles. The van der Waals surface area contributed by atoms with Crippen molar-refractivity contribution in [1.29, 1.82) is 0 Å². The smallest absolute Gasteiger partial charge is 0.0717 e. The van der Waals surface area contributed by atoms with E-state index < -0.39 is 5.60 Å². The molecule has 2 saturated heterocycles. The number of rotatable bonds is 2. The van der Waals surface area contributed by atoms with Gasteiger partial charge in [0.25, 0.3) is 0 Å². The van der Waals surface area contributed by atoms with Crippen molar-refractivity contribution < 1.29 is 5.11 Å². The minimum atomic E-state index is -0.554. The number of nitrogens with one attached hydrogen (secondary N) is 1. The lowest BCUT2D eigenvalue weighted by Gasteiger charge is -2.37. The third-order valence-corrected chi connectivity index (χ3v) is 4.85. The van der Waals surface area contributed by atoms with Crippen LogP contribution in [0.15, 0.2) is 36.5 Å². The molecule has 0 radical (unpaired) electrons. The number of hydrogen-bond donors (Lipinski definition) is 2. The van der Waals surface area contributed by atoms with E-state index in [0.717, 1.165) is 24.8 Å². The van der Waals surface area contributed by atoms with Crippen LogP contribution in [0.4, 0.5) is 0 Å². The predicted octanol–water partition coefficient (Wildman–Crippen LogP) is 2.42. The van der Waals surface area contributed by atoms with Gasteiger partial charge in [0.1, 0.15) is 0 Å². The number of aliphatic hydroxyl groups is 1. The number of pyridine rings is 1. The van der Waals surface area contributed by atoms with Crippen molar-refractivity contribution in [2.24, 2.45) is 0 Å². The lowest BCUT2D eigenvalue weighted by Crippen LogP contribution is -2.49. The Morgan fingerprint density at radius 1 is 1.15 bits per heavy atom. The van der Waals surface area contributed by atoms with Crippen molar-refractivity contribution in [2.45, 2.75) is 49.8 Å². The standard InChI is InChI=1S/C17H20N2O/c20-17(10-13-5-6-14(11-17)19-13)9-12-7-8-18-16-4-2-1-3-15(12)16/h1-4,7-8,13-14,19-20H,5-6,9-11H2. The minimum absolute atomic E-state index is 0.506. The van der Waals surface area contributed by atoms with Crippen LogP contribution < -0.4 is 5.32 Å². The molecule has 1 aromatic carbocycles. The monoisotopic (exact) mass is 268 g/mol. The molecule has 0 spiro atoms. The molecular weight excluding hydrogens is 248 g/mol. The van der Waals surface area contributed by atoms with Gasteiger partial charge in [-0.2, -0.15) is 0 Å². The van der Waals surface area contributed by atoms with Crippen LogP contribution in [0, 0.1) is 0 Å². The molecule has 3 heteroatoms. The molecule has 2 fully saturated rings. The molecule has 0 saturated carbocycles. The summed E-state index contributed by atoms with van der Waals surface area (Å²) in [7, 11) is 0. The van der Waals surface area contributed by atoms with Crippen molar-refractivity contribution in [3.63, 3.8) is 0 Å². The highest BCUT2D eigenvalue weighted by Crippen LogP contribution is 2.36. The molecule has 2 aromatic rings. The Hall–Kier alpha value is -1.45. The molecule has 2 aliphatic rings. The Balaban J connectivity index is 1.67. The maximum Gasteiger partial charge on any atom is 0.0717 e. The van der Waals surface area contributed by atoms with E-state index in [1.165, 1.54) is 23.8 Å². The fourth-order valence-electron chi connectivity index (χ4n) is 4.03. The summed E-state index contributed by atoms with van der Waals surface area (Å²) in [5, 5.41) is 15.8. The molecular formula is C17H20N2O. The quantitative estimate of drug-likeness (QED) is 0.879. The molecule has 2 N–H and O–H groups in total. The Kier molecular flexibility index (Phi) is 2.79. The van der Waals surface area contributed by atoms with E-state index in [-0.39, 0.29) is 0 Å². The van der Waals surface area contributed by atoms with Gasteiger partial charge in [-0.3, -0.25) is 4.98 Å². The molecule has 104 valence electrons. The molecule has 3 nitrogen and oxygen atoms in total. The Bertz CT molecular complexity index is 622. The largest absolute Gasteiger partial charge is 0.389 e. The minimum Gasteiger partial charge on any atom is -0.389 e. The molecule has 4 rings (SSSR count). The van der Waals surface area contributed by atoms with Crippen molar-refractivity contribution in [3.05, 3.63) is 42.1 Å². The van der Waals surface area contributed by atoms with Crippen LogP contribution in [-0.2, 0) is 6.42 Å². The molecule has 0 aliphatic carbocycles.